The Bertz CT molecular complexity index is 930. The van der Waals surface area contributed by atoms with Crippen molar-refractivity contribution in [1.82, 2.24) is 5.32 Å². The summed E-state index contributed by atoms with van der Waals surface area (Å²) in [6.07, 6.45) is 1.06. The third-order valence-corrected chi connectivity index (χ3v) is 5.84. The van der Waals surface area contributed by atoms with Gasteiger partial charge in [0.25, 0.3) is 0 Å². The molecular formula is C20H25ClN2O4S. The summed E-state index contributed by atoms with van der Waals surface area (Å²) in [4.78, 5) is 12.5. The van der Waals surface area contributed by atoms with Gasteiger partial charge < -0.3 is 10.1 Å². The predicted molar refractivity (Wildman–Crippen MR) is 113 cm³/mol. The number of anilines is 1. The van der Waals surface area contributed by atoms with Crippen molar-refractivity contribution in [3.8, 4) is 5.75 Å². The van der Waals surface area contributed by atoms with Crippen LogP contribution in [-0.4, -0.2) is 39.8 Å². The van der Waals surface area contributed by atoms with Gasteiger partial charge >= 0.3 is 0 Å². The third-order valence-electron chi connectivity index (χ3n) is 4.19. The molecule has 8 heteroatoms. The molecule has 0 saturated heterocycles. The van der Waals surface area contributed by atoms with Crippen molar-refractivity contribution in [2.75, 3.05) is 23.7 Å². The van der Waals surface area contributed by atoms with E-state index in [-0.39, 0.29) is 13.2 Å². The van der Waals surface area contributed by atoms with E-state index in [1.54, 1.807) is 18.2 Å². The lowest BCUT2D eigenvalue weighted by Gasteiger charge is -2.28. The van der Waals surface area contributed by atoms with Gasteiger partial charge in [0.05, 0.1) is 18.5 Å². The molecule has 6 nitrogen and oxygen atoms in total. The van der Waals surface area contributed by atoms with Crippen molar-refractivity contribution in [2.24, 2.45) is 0 Å². The summed E-state index contributed by atoms with van der Waals surface area (Å²) in [6.45, 7) is 5.87. The van der Waals surface area contributed by atoms with Crippen LogP contribution < -0.4 is 14.4 Å². The molecule has 0 fully saturated rings. The van der Waals surface area contributed by atoms with Crippen LogP contribution in [0.5, 0.6) is 5.75 Å². The first-order valence-corrected chi connectivity index (χ1v) is 11.0. The standard InChI is InChI=1S/C20H25ClN2O4S/c1-14-5-9-18(10-6-14)27-12-11-22-20(24)16(3)23(28(4,25)26)17-8-7-15(2)19(21)13-17/h5-10,13,16H,11-12H2,1-4H3,(H,22,24)/t16-/m0/s1. The van der Waals surface area contributed by atoms with Gasteiger partial charge in [-0.1, -0.05) is 35.4 Å². The van der Waals surface area contributed by atoms with Gasteiger partial charge in [-0.15, -0.1) is 0 Å². The number of hydrogen-bond donors (Lipinski definition) is 1. The Hall–Kier alpha value is -2.25. The fraction of sp³-hybridized carbons (Fsp3) is 0.350. The Morgan fingerprint density at radius 3 is 2.39 bits per heavy atom. The van der Waals surface area contributed by atoms with E-state index < -0.39 is 22.0 Å². The first kappa shape index (κ1) is 22.0. The van der Waals surface area contributed by atoms with Gasteiger partial charge in [0.2, 0.25) is 15.9 Å². The van der Waals surface area contributed by atoms with Gasteiger partial charge in [0, 0.05) is 5.02 Å². The second-order valence-electron chi connectivity index (χ2n) is 6.62. The first-order valence-electron chi connectivity index (χ1n) is 8.82. The van der Waals surface area contributed by atoms with E-state index in [1.165, 1.54) is 6.92 Å². The zero-order chi connectivity index (χ0) is 20.9. The molecule has 0 aliphatic carbocycles. The van der Waals surface area contributed by atoms with E-state index >= 15 is 0 Å². The topological polar surface area (TPSA) is 75.7 Å². The van der Waals surface area contributed by atoms with Crippen molar-refractivity contribution >= 4 is 33.2 Å². The predicted octanol–water partition coefficient (Wildman–Crippen LogP) is 3.31. The Morgan fingerprint density at radius 2 is 1.82 bits per heavy atom. The molecule has 0 aliphatic heterocycles. The first-order chi connectivity index (χ1) is 13.1. The number of aryl methyl sites for hydroxylation is 2. The number of carbonyl (C=O) groups excluding carboxylic acids is 1. The number of sulfonamides is 1. The number of halogens is 1. The highest BCUT2D eigenvalue weighted by atomic mass is 35.5. The fourth-order valence-corrected chi connectivity index (χ4v) is 3.99. The Morgan fingerprint density at radius 1 is 1.18 bits per heavy atom. The molecule has 152 valence electrons. The minimum atomic E-state index is -3.69. The smallest absolute Gasteiger partial charge is 0.243 e. The van der Waals surface area contributed by atoms with Crippen LogP contribution in [0.25, 0.3) is 0 Å². The van der Waals surface area contributed by atoms with Crippen LogP contribution in [0.3, 0.4) is 0 Å². The SMILES string of the molecule is Cc1ccc(OCCNC(=O)[C@H](C)N(c2ccc(C)c(Cl)c2)S(C)(=O)=O)cc1. The maximum Gasteiger partial charge on any atom is 0.243 e. The van der Waals surface area contributed by atoms with Gasteiger partial charge in [0.1, 0.15) is 18.4 Å². The van der Waals surface area contributed by atoms with E-state index in [0.717, 1.165) is 21.7 Å². The summed E-state index contributed by atoms with van der Waals surface area (Å²) < 4.78 is 31.2. The molecule has 1 atom stereocenters. The number of nitrogens with one attached hydrogen (secondary N) is 1. The summed E-state index contributed by atoms with van der Waals surface area (Å²) in [5, 5.41) is 3.14. The van der Waals surface area contributed by atoms with Gasteiger partial charge in [-0.2, -0.15) is 0 Å². The quantitative estimate of drug-likeness (QED) is 0.659. The van der Waals surface area contributed by atoms with Crippen molar-refractivity contribution in [3.63, 3.8) is 0 Å². The Labute approximate surface area is 171 Å². The molecular weight excluding hydrogens is 400 g/mol. The zero-order valence-electron chi connectivity index (χ0n) is 16.4. The summed E-state index contributed by atoms with van der Waals surface area (Å²) in [5.41, 5.74) is 2.30. The van der Waals surface area contributed by atoms with Crippen LogP contribution in [0.2, 0.25) is 5.02 Å². The van der Waals surface area contributed by atoms with Gasteiger partial charge in [-0.05, 0) is 50.6 Å². The second kappa shape index (κ2) is 9.30. The monoisotopic (exact) mass is 424 g/mol. The molecule has 0 aliphatic rings. The van der Waals surface area contributed by atoms with Crippen LogP contribution >= 0.6 is 11.6 Å². The lowest BCUT2D eigenvalue weighted by atomic mass is 10.2. The van der Waals surface area contributed by atoms with E-state index in [2.05, 4.69) is 5.32 Å². The third kappa shape index (κ3) is 5.87. The molecule has 0 radical (unpaired) electrons. The maximum atomic E-state index is 12.5. The summed E-state index contributed by atoms with van der Waals surface area (Å²) in [7, 11) is -3.69. The fourth-order valence-electron chi connectivity index (χ4n) is 2.65. The number of benzene rings is 2. The molecule has 0 saturated carbocycles. The zero-order valence-corrected chi connectivity index (χ0v) is 18.0. The van der Waals surface area contributed by atoms with Crippen LogP contribution in [0, 0.1) is 13.8 Å². The van der Waals surface area contributed by atoms with Crippen LogP contribution in [-0.2, 0) is 14.8 Å². The van der Waals surface area contributed by atoms with Crippen molar-refractivity contribution < 1.29 is 17.9 Å². The lowest BCUT2D eigenvalue weighted by molar-refractivity contribution is -0.121. The second-order valence-corrected chi connectivity index (χ2v) is 8.89. The number of hydrogen-bond acceptors (Lipinski definition) is 4. The minimum Gasteiger partial charge on any atom is -0.492 e. The summed E-state index contributed by atoms with van der Waals surface area (Å²) in [5.74, 6) is 0.287. The van der Waals surface area contributed by atoms with E-state index in [1.807, 2.05) is 38.1 Å². The molecule has 0 unspecified atom stereocenters. The molecule has 2 aromatic rings. The molecule has 28 heavy (non-hydrogen) atoms. The lowest BCUT2D eigenvalue weighted by Crippen LogP contribution is -2.48. The number of amides is 1. The minimum absolute atomic E-state index is 0.253. The highest BCUT2D eigenvalue weighted by Gasteiger charge is 2.29. The Balaban J connectivity index is 2.01. The Kier molecular flexibility index (Phi) is 7.32. The van der Waals surface area contributed by atoms with Crippen LogP contribution in [0.4, 0.5) is 5.69 Å². The molecule has 0 aromatic heterocycles. The van der Waals surface area contributed by atoms with E-state index in [4.69, 9.17) is 16.3 Å². The average Bonchev–Trinajstić information content (AvgIpc) is 2.62. The van der Waals surface area contributed by atoms with Crippen molar-refractivity contribution in [3.05, 3.63) is 58.6 Å². The van der Waals surface area contributed by atoms with Gasteiger partial charge in [-0.25, -0.2) is 8.42 Å². The maximum absolute atomic E-state index is 12.5. The largest absolute Gasteiger partial charge is 0.492 e. The highest BCUT2D eigenvalue weighted by Crippen LogP contribution is 2.26. The van der Waals surface area contributed by atoms with Crippen molar-refractivity contribution in [1.29, 1.82) is 0 Å². The molecule has 0 spiro atoms. The molecule has 2 aromatic carbocycles. The van der Waals surface area contributed by atoms with Gasteiger partial charge in [0.15, 0.2) is 0 Å². The van der Waals surface area contributed by atoms with Crippen LogP contribution in [0.15, 0.2) is 42.5 Å². The van der Waals surface area contributed by atoms with Crippen LogP contribution in [0.1, 0.15) is 18.1 Å². The van der Waals surface area contributed by atoms with Gasteiger partial charge in [-0.3, -0.25) is 9.10 Å². The number of rotatable bonds is 8. The molecule has 0 bridgehead atoms. The number of nitrogens with zero attached hydrogens (tertiary/aromatic N) is 1. The van der Waals surface area contributed by atoms with E-state index in [9.17, 15) is 13.2 Å². The normalized spacial score (nSPS) is 12.3. The highest BCUT2D eigenvalue weighted by molar-refractivity contribution is 7.92. The van der Waals surface area contributed by atoms with E-state index in [0.29, 0.717) is 16.5 Å². The number of ether oxygens (including phenoxy) is 1. The average molecular weight is 425 g/mol. The van der Waals surface area contributed by atoms with Crippen molar-refractivity contribution in [2.45, 2.75) is 26.8 Å². The molecule has 2 rings (SSSR count). The summed E-state index contributed by atoms with van der Waals surface area (Å²) in [6, 6.07) is 11.5. The summed E-state index contributed by atoms with van der Waals surface area (Å²) >= 11 is 6.12. The molecule has 0 heterocycles. The molecule has 1 amide bonds. The number of carbonyl (C=O) groups is 1. The molecule has 1 N–H and O–H groups in total.